The first kappa shape index (κ1) is 21.5. The van der Waals surface area contributed by atoms with Crippen LogP contribution in [0.4, 0.5) is 0 Å². The van der Waals surface area contributed by atoms with Gasteiger partial charge in [0, 0.05) is 38.6 Å². The number of amides is 1. The van der Waals surface area contributed by atoms with Crippen molar-refractivity contribution in [1.29, 1.82) is 0 Å². The van der Waals surface area contributed by atoms with Crippen LogP contribution in [0.3, 0.4) is 0 Å². The Bertz CT molecular complexity index is 398. The molecule has 0 spiro atoms. The van der Waals surface area contributed by atoms with Crippen molar-refractivity contribution in [3.8, 4) is 0 Å². The lowest BCUT2D eigenvalue weighted by Gasteiger charge is -2.25. The molecule has 2 fully saturated rings. The Hall–Kier alpha value is -0.570. The Morgan fingerprint density at radius 1 is 1.17 bits per heavy atom. The molecular formula is C17H34IN5O. The summed E-state index contributed by atoms with van der Waals surface area (Å²) in [7, 11) is 0. The largest absolute Gasteiger partial charge is 0.357 e. The van der Waals surface area contributed by atoms with Crippen molar-refractivity contribution in [3.63, 3.8) is 0 Å². The highest BCUT2D eigenvalue weighted by Crippen LogP contribution is 2.10. The van der Waals surface area contributed by atoms with E-state index in [4.69, 9.17) is 4.99 Å². The second kappa shape index (κ2) is 11.9. The average Bonchev–Trinajstić information content (AvgIpc) is 3.04. The first-order valence-corrected chi connectivity index (χ1v) is 9.28. The van der Waals surface area contributed by atoms with Crippen LogP contribution in [0, 0.1) is 0 Å². The topological polar surface area (TPSA) is 60.0 Å². The lowest BCUT2D eigenvalue weighted by atomic mass is 10.1. The van der Waals surface area contributed by atoms with Crippen molar-refractivity contribution in [2.75, 3.05) is 45.8 Å². The number of hydrogen-bond acceptors (Lipinski definition) is 3. The predicted molar refractivity (Wildman–Crippen MR) is 110 cm³/mol. The third kappa shape index (κ3) is 7.13. The Morgan fingerprint density at radius 2 is 1.92 bits per heavy atom. The number of aliphatic imine (C=N–C) groups is 1. The number of guanidine groups is 1. The van der Waals surface area contributed by atoms with Gasteiger partial charge >= 0.3 is 0 Å². The molecule has 2 heterocycles. The highest BCUT2D eigenvalue weighted by atomic mass is 127. The van der Waals surface area contributed by atoms with Crippen LogP contribution >= 0.6 is 24.0 Å². The first-order chi connectivity index (χ1) is 11.2. The van der Waals surface area contributed by atoms with E-state index >= 15 is 0 Å². The lowest BCUT2D eigenvalue weighted by Crippen LogP contribution is -2.45. The molecule has 0 aromatic carbocycles. The smallest absolute Gasteiger partial charge is 0.222 e. The van der Waals surface area contributed by atoms with E-state index in [0.29, 0.717) is 12.5 Å². The molecule has 24 heavy (non-hydrogen) atoms. The Labute approximate surface area is 163 Å². The van der Waals surface area contributed by atoms with Crippen molar-refractivity contribution in [2.45, 2.75) is 52.0 Å². The maximum Gasteiger partial charge on any atom is 0.222 e. The van der Waals surface area contributed by atoms with Crippen LogP contribution in [0.25, 0.3) is 0 Å². The predicted octanol–water partition coefficient (Wildman–Crippen LogP) is 1.66. The summed E-state index contributed by atoms with van der Waals surface area (Å²) in [6, 6.07) is 0.318. The summed E-state index contributed by atoms with van der Waals surface area (Å²) in [4.78, 5) is 20.9. The fourth-order valence-corrected chi connectivity index (χ4v) is 3.33. The molecule has 2 N–H and O–H groups in total. The van der Waals surface area contributed by atoms with Crippen molar-refractivity contribution in [1.82, 2.24) is 20.4 Å². The molecule has 6 nitrogen and oxygen atoms in total. The molecular weight excluding hydrogens is 417 g/mol. The van der Waals surface area contributed by atoms with Crippen LogP contribution < -0.4 is 10.6 Å². The number of carbonyl (C=O) groups excluding carboxylic acids is 1. The summed E-state index contributed by atoms with van der Waals surface area (Å²) in [5.41, 5.74) is 0. The first-order valence-electron chi connectivity index (χ1n) is 9.28. The van der Waals surface area contributed by atoms with Gasteiger partial charge in [0.05, 0.1) is 6.54 Å². The quantitative estimate of drug-likeness (QED) is 0.367. The van der Waals surface area contributed by atoms with E-state index in [2.05, 4.69) is 22.5 Å². The van der Waals surface area contributed by atoms with Gasteiger partial charge in [0.2, 0.25) is 5.91 Å². The molecule has 2 saturated heterocycles. The van der Waals surface area contributed by atoms with E-state index in [1.54, 1.807) is 0 Å². The van der Waals surface area contributed by atoms with E-state index in [9.17, 15) is 4.79 Å². The number of nitrogens with zero attached hydrogens (tertiary/aromatic N) is 3. The zero-order valence-electron chi connectivity index (χ0n) is 15.2. The molecule has 0 aromatic rings. The molecule has 2 aliphatic heterocycles. The van der Waals surface area contributed by atoms with E-state index < -0.39 is 0 Å². The Kier molecular flexibility index (Phi) is 10.6. The summed E-state index contributed by atoms with van der Waals surface area (Å²) in [5.74, 6) is 1.14. The number of rotatable bonds is 6. The standard InChI is InChI=1S/C17H33N5O.HI/c1-3-16(23)22-12-8-15(14-22)20-17(18-4-2)19-9-13-21-10-6-5-7-11-21;/h15H,3-14H2,1-2H3,(H2,18,19,20);1H. The molecule has 2 rings (SSSR count). The lowest BCUT2D eigenvalue weighted by molar-refractivity contribution is -0.129. The zero-order valence-corrected chi connectivity index (χ0v) is 17.6. The average molecular weight is 451 g/mol. The summed E-state index contributed by atoms with van der Waals surface area (Å²) in [5, 5.41) is 6.81. The van der Waals surface area contributed by atoms with Crippen LogP contribution in [0.15, 0.2) is 4.99 Å². The molecule has 1 unspecified atom stereocenters. The molecule has 1 atom stereocenters. The van der Waals surface area contributed by atoms with Gasteiger partial charge in [-0.15, -0.1) is 24.0 Å². The fraction of sp³-hybridized carbons (Fsp3) is 0.882. The minimum absolute atomic E-state index is 0. The third-order valence-electron chi connectivity index (χ3n) is 4.66. The molecule has 0 saturated carbocycles. The van der Waals surface area contributed by atoms with Gasteiger partial charge < -0.3 is 20.4 Å². The molecule has 7 heteroatoms. The van der Waals surface area contributed by atoms with Crippen LogP contribution in [-0.2, 0) is 4.79 Å². The van der Waals surface area contributed by atoms with Crippen molar-refractivity contribution in [2.24, 2.45) is 4.99 Å². The molecule has 1 amide bonds. The van der Waals surface area contributed by atoms with E-state index in [1.165, 1.54) is 32.4 Å². The summed E-state index contributed by atoms with van der Waals surface area (Å²) < 4.78 is 0. The third-order valence-corrected chi connectivity index (χ3v) is 4.66. The normalized spacial score (nSPS) is 22.2. The van der Waals surface area contributed by atoms with Gasteiger partial charge in [0.15, 0.2) is 5.96 Å². The molecule has 0 radical (unpaired) electrons. The van der Waals surface area contributed by atoms with Gasteiger partial charge in [-0.1, -0.05) is 13.3 Å². The Morgan fingerprint density at radius 3 is 2.58 bits per heavy atom. The molecule has 140 valence electrons. The van der Waals surface area contributed by atoms with Crippen molar-refractivity contribution in [3.05, 3.63) is 0 Å². The van der Waals surface area contributed by atoms with Crippen molar-refractivity contribution >= 4 is 35.8 Å². The summed E-state index contributed by atoms with van der Waals surface area (Å²) >= 11 is 0. The second-order valence-corrected chi connectivity index (χ2v) is 6.49. The van der Waals surface area contributed by atoms with Crippen LogP contribution in [-0.4, -0.2) is 73.5 Å². The molecule has 0 bridgehead atoms. The maximum atomic E-state index is 11.8. The van der Waals surface area contributed by atoms with Gasteiger partial charge in [0.25, 0.3) is 0 Å². The van der Waals surface area contributed by atoms with Gasteiger partial charge in [0.1, 0.15) is 0 Å². The maximum absolute atomic E-state index is 11.8. The van der Waals surface area contributed by atoms with Gasteiger partial charge in [-0.05, 0) is 39.3 Å². The van der Waals surface area contributed by atoms with Crippen LogP contribution in [0.5, 0.6) is 0 Å². The minimum atomic E-state index is 0. The van der Waals surface area contributed by atoms with Gasteiger partial charge in [-0.3, -0.25) is 9.79 Å². The van der Waals surface area contributed by atoms with Crippen LogP contribution in [0.2, 0.25) is 0 Å². The van der Waals surface area contributed by atoms with Crippen LogP contribution in [0.1, 0.15) is 46.0 Å². The molecule has 2 aliphatic rings. The summed E-state index contributed by atoms with van der Waals surface area (Å²) in [6.07, 6.45) is 5.62. The molecule has 0 aromatic heterocycles. The highest BCUT2D eigenvalue weighted by molar-refractivity contribution is 14.0. The van der Waals surface area contributed by atoms with E-state index in [-0.39, 0.29) is 29.9 Å². The second-order valence-electron chi connectivity index (χ2n) is 6.49. The zero-order chi connectivity index (χ0) is 16.5. The van der Waals surface area contributed by atoms with E-state index in [0.717, 1.165) is 45.1 Å². The van der Waals surface area contributed by atoms with E-state index in [1.807, 2.05) is 11.8 Å². The SMILES string of the molecule is CCNC(=NCCN1CCCCC1)NC1CCN(C(=O)CC)C1.I. The highest BCUT2D eigenvalue weighted by Gasteiger charge is 2.25. The van der Waals surface area contributed by atoms with Gasteiger partial charge in [-0.2, -0.15) is 0 Å². The number of halogens is 1. The number of carbonyl (C=O) groups is 1. The monoisotopic (exact) mass is 451 g/mol. The number of piperidine rings is 1. The fourth-order valence-electron chi connectivity index (χ4n) is 3.33. The van der Waals surface area contributed by atoms with Crippen molar-refractivity contribution < 1.29 is 4.79 Å². The molecule has 0 aliphatic carbocycles. The van der Waals surface area contributed by atoms with Gasteiger partial charge in [-0.25, -0.2) is 0 Å². The number of likely N-dealkylation sites (tertiary alicyclic amines) is 2. The summed E-state index contributed by atoms with van der Waals surface area (Å²) in [6.45, 7) is 10.8. The Balaban J connectivity index is 0.00000288. The number of hydrogen-bond donors (Lipinski definition) is 2. The minimum Gasteiger partial charge on any atom is -0.357 e. The number of nitrogens with one attached hydrogen (secondary N) is 2.